The highest BCUT2D eigenvalue weighted by molar-refractivity contribution is 5.99. The maximum Gasteiger partial charge on any atom is 0.341 e. The molecule has 1 amide bonds. The maximum absolute atomic E-state index is 12.4. The number of nitrogens with zero attached hydrogens (tertiary/aromatic N) is 2. The van der Waals surface area contributed by atoms with Crippen LogP contribution in [0.25, 0.3) is 0 Å². The van der Waals surface area contributed by atoms with Crippen molar-refractivity contribution in [3.63, 3.8) is 0 Å². The Hall–Kier alpha value is -3.42. The van der Waals surface area contributed by atoms with E-state index in [0.717, 1.165) is 17.2 Å². The molecule has 0 aliphatic heterocycles. The number of amides is 1. The van der Waals surface area contributed by atoms with Crippen molar-refractivity contribution in [3.8, 4) is 0 Å². The molecule has 0 bridgehead atoms. The average molecular weight is 371 g/mol. The summed E-state index contributed by atoms with van der Waals surface area (Å²) in [5.74, 6) is -1.30. The van der Waals surface area contributed by atoms with Crippen LogP contribution in [-0.4, -0.2) is 37.5 Å². The van der Waals surface area contributed by atoms with E-state index < -0.39 is 23.4 Å². The van der Waals surface area contributed by atoms with Crippen molar-refractivity contribution in [1.82, 2.24) is 0 Å². The lowest BCUT2D eigenvalue weighted by Gasteiger charge is -2.16. The molecule has 0 aromatic heterocycles. The van der Waals surface area contributed by atoms with Crippen LogP contribution in [0.4, 0.5) is 17.1 Å². The Morgan fingerprint density at radius 3 is 2.30 bits per heavy atom. The summed E-state index contributed by atoms with van der Waals surface area (Å²) in [5, 5.41) is 13.6. The molecule has 2 aromatic carbocycles. The van der Waals surface area contributed by atoms with E-state index >= 15 is 0 Å². The average Bonchev–Trinajstić information content (AvgIpc) is 2.58. The maximum atomic E-state index is 12.4. The van der Waals surface area contributed by atoms with Crippen molar-refractivity contribution in [3.05, 3.63) is 63.2 Å². The van der Waals surface area contributed by atoms with Crippen LogP contribution < -0.4 is 10.2 Å². The second-order valence-electron chi connectivity index (χ2n) is 6.35. The lowest BCUT2D eigenvalue weighted by atomic mass is 10.1. The van der Waals surface area contributed by atoms with E-state index in [-0.39, 0.29) is 11.3 Å². The molecule has 8 heteroatoms. The molecule has 142 valence electrons. The molecule has 0 aliphatic rings. The predicted octanol–water partition coefficient (Wildman–Crippen LogP) is 3.07. The number of nitrogens with one attached hydrogen (secondary N) is 1. The Morgan fingerprint density at radius 1 is 1.11 bits per heavy atom. The summed E-state index contributed by atoms with van der Waals surface area (Å²) in [6, 6.07) is 9.48. The second-order valence-corrected chi connectivity index (χ2v) is 6.35. The largest absolute Gasteiger partial charge is 0.452 e. The number of carbonyl (C=O) groups excluding carboxylic acids is 2. The molecule has 0 radical (unpaired) electrons. The first kappa shape index (κ1) is 19.9. The lowest BCUT2D eigenvalue weighted by Crippen LogP contribution is -2.22. The minimum absolute atomic E-state index is 0.0217. The van der Waals surface area contributed by atoms with Crippen LogP contribution in [-0.2, 0) is 9.53 Å². The molecule has 0 saturated heterocycles. The normalized spacial score (nSPS) is 10.2. The molecule has 2 aromatic rings. The standard InChI is InChI=1S/C19H21N3O5/c1-12-7-13(2)9-14(8-12)20-18(23)11-27-19(24)16-10-15(22(25)26)5-6-17(16)21(3)4/h5-10H,11H2,1-4H3,(H,20,23). The highest BCUT2D eigenvalue weighted by atomic mass is 16.6. The molecule has 0 saturated carbocycles. The minimum atomic E-state index is -0.807. The van der Waals surface area contributed by atoms with E-state index in [9.17, 15) is 19.7 Å². The van der Waals surface area contributed by atoms with Gasteiger partial charge in [0.1, 0.15) is 0 Å². The second kappa shape index (κ2) is 8.31. The first-order valence-electron chi connectivity index (χ1n) is 8.18. The molecule has 0 unspecified atom stereocenters. The van der Waals surface area contributed by atoms with E-state index in [4.69, 9.17) is 4.74 Å². The summed E-state index contributed by atoms with van der Waals surface area (Å²) >= 11 is 0. The molecular weight excluding hydrogens is 350 g/mol. The van der Waals surface area contributed by atoms with Gasteiger partial charge in [-0.15, -0.1) is 0 Å². The van der Waals surface area contributed by atoms with Gasteiger partial charge in [0.05, 0.1) is 16.2 Å². The highest BCUT2D eigenvalue weighted by Gasteiger charge is 2.20. The summed E-state index contributed by atoms with van der Waals surface area (Å²) in [5.41, 5.74) is 2.85. The third-order valence-electron chi connectivity index (χ3n) is 3.73. The minimum Gasteiger partial charge on any atom is -0.452 e. The molecule has 0 aliphatic carbocycles. The summed E-state index contributed by atoms with van der Waals surface area (Å²) < 4.78 is 5.05. The number of ether oxygens (including phenoxy) is 1. The first-order chi connectivity index (χ1) is 12.7. The Labute approximate surface area is 156 Å². The van der Waals surface area contributed by atoms with Gasteiger partial charge in [0, 0.05) is 31.9 Å². The first-order valence-corrected chi connectivity index (χ1v) is 8.18. The van der Waals surface area contributed by atoms with Gasteiger partial charge in [-0.25, -0.2) is 4.79 Å². The van der Waals surface area contributed by atoms with Crippen molar-refractivity contribution >= 4 is 28.9 Å². The summed E-state index contributed by atoms with van der Waals surface area (Å²) in [7, 11) is 3.40. The SMILES string of the molecule is Cc1cc(C)cc(NC(=O)COC(=O)c2cc([N+](=O)[O-])ccc2N(C)C)c1. The van der Waals surface area contributed by atoms with E-state index in [1.165, 1.54) is 12.1 Å². The monoisotopic (exact) mass is 371 g/mol. The Morgan fingerprint density at radius 2 is 1.74 bits per heavy atom. The highest BCUT2D eigenvalue weighted by Crippen LogP contribution is 2.25. The van der Waals surface area contributed by atoms with Crippen LogP contribution in [0.2, 0.25) is 0 Å². The van der Waals surface area contributed by atoms with Gasteiger partial charge in [-0.1, -0.05) is 6.07 Å². The van der Waals surface area contributed by atoms with Crippen LogP contribution in [0, 0.1) is 24.0 Å². The van der Waals surface area contributed by atoms with Gasteiger partial charge in [0.15, 0.2) is 6.61 Å². The molecule has 8 nitrogen and oxygen atoms in total. The van der Waals surface area contributed by atoms with Gasteiger partial charge in [-0.05, 0) is 43.2 Å². The fraction of sp³-hybridized carbons (Fsp3) is 0.263. The third-order valence-corrected chi connectivity index (χ3v) is 3.73. The van der Waals surface area contributed by atoms with Gasteiger partial charge in [-0.3, -0.25) is 14.9 Å². The van der Waals surface area contributed by atoms with Crippen molar-refractivity contribution in [2.75, 3.05) is 30.9 Å². The summed E-state index contributed by atoms with van der Waals surface area (Å²) in [4.78, 5) is 36.4. The predicted molar refractivity (Wildman–Crippen MR) is 102 cm³/mol. The number of nitro groups is 1. The molecule has 0 fully saturated rings. The molecule has 0 atom stereocenters. The Balaban J connectivity index is 2.09. The zero-order valence-corrected chi connectivity index (χ0v) is 15.6. The van der Waals surface area contributed by atoms with Crippen LogP contribution in [0.3, 0.4) is 0 Å². The number of esters is 1. The van der Waals surface area contributed by atoms with Crippen LogP contribution >= 0.6 is 0 Å². The molecule has 2 rings (SSSR count). The number of aryl methyl sites for hydroxylation is 2. The fourth-order valence-electron chi connectivity index (χ4n) is 2.64. The number of carbonyl (C=O) groups is 2. The van der Waals surface area contributed by atoms with Crippen LogP contribution in [0.1, 0.15) is 21.5 Å². The zero-order valence-electron chi connectivity index (χ0n) is 15.6. The van der Waals surface area contributed by atoms with E-state index in [0.29, 0.717) is 11.4 Å². The molecule has 27 heavy (non-hydrogen) atoms. The van der Waals surface area contributed by atoms with E-state index in [2.05, 4.69) is 5.32 Å². The third kappa shape index (κ3) is 5.27. The molecule has 0 heterocycles. The molecule has 0 spiro atoms. The zero-order chi connectivity index (χ0) is 20.1. The Bertz CT molecular complexity index is 873. The quantitative estimate of drug-likeness (QED) is 0.476. The van der Waals surface area contributed by atoms with E-state index in [1.807, 2.05) is 19.9 Å². The van der Waals surface area contributed by atoms with Gasteiger partial charge < -0.3 is 15.0 Å². The van der Waals surface area contributed by atoms with Gasteiger partial charge in [0.2, 0.25) is 0 Å². The number of benzene rings is 2. The number of hydrogen-bond acceptors (Lipinski definition) is 6. The van der Waals surface area contributed by atoms with Crippen molar-refractivity contribution < 1.29 is 19.2 Å². The number of non-ortho nitro benzene ring substituents is 1. The van der Waals surface area contributed by atoms with Crippen LogP contribution in [0.15, 0.2) is 36.4 Å². The van der Waals surface area contributed by atoms with Crippen LogP contribution in [0.5, 0.6) is 0 Å². The smallest absolute Gasteiger partial charge is 0.341 e. The lowest BCUT2D eigenvalue weighted by molar-refractivity contribution is -0.384. The van der Waals surface area contributed by atoms with Gasteiger partial charge in [0.25, 0.3) is 11.6 Å². The fourth-order valence-corrected chi connectivity index (χ4v) is 2.64. The molecular formula is C19H21N3O5. The number of nitro benzene ring substituents is 1. The van der Waals surface area contributed by atoms with E-state index in [1.54, 1.807) is 31.1 Å². The Kier molecular flexibility index (Phi) is 6.12. The van der Waals surface area contributed by atoms with Crippen molar-refractivity contribution in [2.45, 2.75) is 13.8 Å². The van der Waals surface area contributed by atoms with Gasteiger partial charge >= 0.3 is 5.97 Å². The number of hydrogen-bond donors (Lipinski definition) is 1. The summed E-state index contributed by atoms with van der Waals surface area (Å²) in [6.45, 7) is 3.32. The van der Waals surface area contributed by atoms with Crippen molar-refractivity contribution in [1.29, 1.82) is 0 Å². The number of rotatable bonds is 6. The summed E-state index contributed by atoms with van der Waals surface area (Å²) in [6.07, 6.45) is 0. The topological polar surface area (TPSA) is 102 Å². The van der Waals surface area contributed by atoms with Gasteiger partial charge in [-0.2, -0.15) is 0 Å². The number of anilines is 2. The molecule has 1 N–H and O–H groups in total. The van der Waals surface area contributed by atoms with Crippen molar-refractivity contribution in [2.24, 2.45) is 0 Å².